The minimum atomic E-state index is -0.334. The average molecular weight is 214 g/mol. The van der Waals surface area contributed by atoms with Gasteiger partial charge >= 0.3 is 0 Å². The molecule has 3 heteroatoms. The van der Waals surface area contributed by atoms with E-state index in [-0.39, 0.29) is 12.2 Å². The van der Waals surface area contributed by atoms with Crippen LogP contribution in [-0.4, -0.2) is 18.3 Å². The molecule has 2 nitrogen and oxygen atoms in total. The third-order valence-electron chi connectivity index (χ3n) is 2.51. The first kappa shape index (κ1) is 11.7. The fourth-order valence-corrected chi connectivity index (χ4v) is 2.17. The van der Waals surface area contributed by atoms with Gasteiger partial charge in [0.2, 0.25) is 0 Å². The molecule has 1 aromatic rings. The summed E-state index contributed by atoms with van der Waals surface area (Å²) >= 11 is 1.68. The van der Waals surface area contributed by atoms with Gasteiger partial charge in [0.05, 0.1) is 12.2 Å². The molecule has 0 aliphatic carbocycles. The van der Waals surface area contributed by atoms with Gasteiger partial charge in [-0.3, -0.25) is 0 Å². The zero-order chi connectivity index (χ0) is 10.6. The molecular weight excluding hydrogens is 196 g/mol. The van der Waals surface area contributed by atoms with Crippen molar-refractivity contribution in [3.05, 3.63) is 21.9 Å². The van der Waals surface area contributed by atoms with Crippen LogP contribution in [0, 0.1) is 6.92 Å². The van der Waals surface area contributed by atoms with Crippen LogP contribution < -0.4 is 0 Å². The Morgan fingerprint density at radius 2 is 2.21 bits per heavy atom. The molecule has 1 aromatic heterocycles. The summed E-state index contributed by atoms with van der Waals surface area (Å²) in [4.78, 5) is 1.21. The van der Waals surface area contributed by atoms with Gasteiger partial charge in [0, 0.05) is 12.0 Å². The SMILES string of the molecule is COC(C)CCC(O)c1ccsc1C. The van der Waals surface area contributed by atoms with Crippen LogP contribution in [-0.2, 0) is 4.74 Å². The maximum atomic E-state index is 9.89. The number of methoxy groups -OCH3 is 1. The summed E-state index contributed by atoms with van der Waals surface area (Å²) in [5.74, 6) is 0. The third kappa shape index (κ3) is 3.08. The molecule has 1 N–H and O–H groups in total. The molecule has 0 bridgehead atoms. The Morgan fingerprint density at radius 3 is 2.71 bits per heavy atom. The summed E-state index contributed by atoms with van der Waals surface area (Å²) < 4.78 is 5.14. The van der Waals surface area contributed by atoms with Crippen LogP contribution in [0.4, 0.5) is 0 Å². The number of ether oxygens (including phenoxy) is 1. The Hall–Kier alpha value is -0.380. The summed E-state index contributed by atoms with van der Waals surface area (Å²) in [6, 6.07) is 2.00. The van der Waals surface area contributed by atoms with Gasteiger partial charge in [-0.05, 0) is 43.7 Å². The molecular formula is C11H18O2S. The quantitative estimate of drug-likeness (QED) is 0.816. The van der Waals surface area contributed by atoms with Crippen molar-refractivity contribution >= 4 is 11.3 Å². The van der Waals surface area contributed by atoms with Crippen molar-refractivity contribution in [1.82, 2.24) is 0 Å². The number of hydrogen-bond donors (Lipinski definition) is 1. The lowest BCUT2D eigenvalue weighted by Gasteiger charge is -2.13. The lowest BCUT2D eigenvalue weighted by atomic mass is 10.0. The second-order valence-electron chi connectivity index (χ2n) is 3.57. The van der Waals surface area contributed by atoms with Crippen LogP contribution in [0.15, 0.2) is 11.4 Å². The van der Waals surface area contributed by atoms with Crippen LogP contribution >= 0.6 is 11.3 Å². The highest BCUT2D eigenvalue weighted by Crippen LogP contribution is 2.26. The van der Waals surface area contributed by atoms with Crippen molar-refractivity contribution in [3.8, 4) is 0 Å². The van der Waals surface area contributed by atoms with Crippen molar-refractivity contribution in [2.45, 2.75) is 38.9 Å². The van der Waals surface area contributed by atoms with E-state index in [9.17, 15) is 5.11 Å². The Balaban J connectivity index is 2.43. The highest BCUT2D eigenvalue weighted by molar-refractivity contribution is 7.10. The second-order valence-corrected chi connectivity index (χ2v) is 4.69. The molecule has 1 heterocycles. The molecule has 0 saturated heterocycles. The smallest absolute Gasteiger partial charge is 0.0801 e. The number of hydrogen-bond acceptors (Lipinski definition) is 3. The number of aliphatic hydroxyl groups is 1. The monoisotopic (exact) mass is 214 g/mol. The molecule has 0 fully saturated rings. The third-order valence-corrected chi connectivity index (χ3v) is 3.37. The van der Waals surface area contributed by atoms with Crippen molar-refractivity contribution in [3.63, 3.8) is 0 Å². The minimum Gasteiger partial charge on any atom is -0.388 e. The van der Waals surface area contributed by atoms with E-state index in [1.807, 2.05) is 25.3 Å². The topological polar surface area (TPSA) is 29.5 Å². The summed E-state index contributed by atoms with van der Waals surface area (Å²) in [5, 5.41) is 11.9. The molecule has 1 rings (SSSR count). The molecule has 0 aliphatic heterocycles. The average Bonchev–Trinajstić information content (AvgIpc) is 2.60. The van der Waals surface area contributed by atoms with Crippen LogP contribution in [0.3, 0.4) is 0 Å². The lowest BCUT2D eigenvalue weighted by Crippen LogP contribution is -2.07. The first-order chi connectivity index (χ1) is 6.65. The fourth-order valence-electron chi connectivity index (χ4n) is 1.41. The Bertz CT molecular complexity index is 270. The van der Waals surface area contributed by atoms with Crippen molar-refractivity contribution in [2.24, 2.45) is 0 Å². The van der Waals surface area contributed by atoms with Crippen molar-refractivity contribution < 1.29 is 9.84 Å². The molecule has 0 aliphatic rings. The number of aryl methyl sites for hydroxylation is 1. The first-order valence-electron chi connectivity index (χ1n) is 4.90. The molecule has 80 valence electrons. The van der Waals surface area contributed by atoms with Gasteiger partial charge in [0.1, 0.15) is 0 Å². The molecule has 0 amide bonds. The summed E-state index contributed by atoms with van der Waals surface area (Å²) in [6.07, 6.45) is 1.56. The van der Waals surface area contributed by atoms with E-state index in [1.165, 1.54) is 4.88 Å². The van der Waals surface area contributed by atoms with Gasteiger partial charge in [-0.15, -0.1) is 11.3 Å². The van der Waals surface area contributed by atoms with E-state index in [0.717, 1.165) is 18.4 Å². The molecule has 0 saturated carbocycles. The van der Waals surface area contributed by atoms with Gasteiger partial charge in [-0.2, -0.15) is 0 Å². The van der Waals surface area contributed by atoms with Crippen LogP contribution in [0.25, 0.3) is 0 Å². The standard InChI is InChI=1S/C11H18O2S/c1-8(13-3)4-5-11(12)10-6-7-14-9(10)2/h6-8,11-12H,4-5H2,1-3H3. The first-order valence-corrected chi connectivity index (χ1v) is 5.78. The van der Waals surface area contributed by atoms with Gasteiger partial charge < -0.3 is 9.84 Å². The molecule has 0 spiro atoms. The number of aliphatic hydroxyl groups excluding tert-OH is 1. The van der Waals surface area contributed by atoms with Gasteiger partial charge in [-0.25, -0.2) is 0 Å². The normalized spacial score (nSPS) is 15.4. The Morgan fingerprint density at radius 1 is 1.50 bits per heavy atom. The van der Waals surface area contributed by atoms with Crippen molar-refractivity contribution in [2.75, 3.05) is 7.11 Å². The Labute approximate surface area is 89.5 Å². The van der Waals surface area contributed by atoms with E-state index in [1.54, 1.807) is 18.4 Å². The van der Waals surface area contributed by atoms with E-state index >= 15 is 0 Å². The zero-order valence-corrected chi connectivity index (χ0v) is 9.80. The summed E-state index contributed by atoms with van der Waals surface area (Å²) in [5.41, 5.74) is 1.07. The predicted octanol–water partition coefficient (Wildman–Crippen LogP) is 2.91. The van der Waals surface area contributed by atoms with Gasteiger partial charge in [0.15, 0.2) is 0 Å². The number of thiophene rings is 1. The highest BCUT2D eigenvalue weighted by Gasteiger charge is 2.12. The molecule has 0 aromatic carbocycles. The van der Waals surface area contributed by atoms with Crippen LogP contribution in [0.1, 0.15) is 36.3 Å². The van der Waals surface area contributed by atoms with Gasteiger partial charge in [-0.1, -0.05) is 0 Å². The maximum Gasteiger partial charge on any atom is 0.0801 e. The highest BCUT2D eigenvalue weighted by atomic mass is 32.1. The zero-order valence-electron chi connectivity index (χ0n) is 8.99. The molecule has 2 atom stereocenters. The van der Waals surface area contributed by atoms with Crippen molar-refractivity contribution in [1.29, 1.82) is 0 Å². The lowest BCUT2D eigenvalue weighted by molar-refractivity contribution is 0.0851. The van der Waals surface area contributed by atoms with Gasteiger partial charge in [0.25, 0.3) is 0 Å². The fraction of sp³-hybridized carbons (Fsp3) is 0.636. The summed E-state index contributed by atoms with van der Waals surface area (Å²) in [7, 11) is 1.70. The number of rotatable bonds is 5. The molecule has 14 heavy (non-hydrogen) atoms. The molecule has 2 unspecified atom stereocenters. The van der Waals surface area contributed by atoms with E-state index in [4.69, 9.17) is 4.74 Å². The second kappa shape index (κ2) is 5.49. The maximum absolute atomic E-state index is 9.89. The predicted molar refractivity (Wildman–Crippen MR) is 59.7 cm³/mol. The largest absolute Gasteiger partial charge is 0.388 e. The van der Waals surface area contributed by atoms with Crippen LogP contribution in [0.5, 0.6) is 0 Å². The summed E-state index contributed by atoms with van der Waals surface area (Å²) in [6.45, 7) is 4.07. The van der Waals surface area contributed by atoms with E-state index in [0.29, 0.717) is 0 Å². The van der Waals surface area contributed by atoms with E-state index < -0.39 is 0 Å². The minimum absolute atomic E-state index is 0.226. The van der Waals surface area contributed by atoms with E-state index in [2.05, 4.69) is 0 Å². The molecule has 0 radical (unpaired) electrons. The van der Waals surface area contributed by atoms with Crippen LogP contribution in [0.2, 0.25) is 0 Å². The Kier molecular flexibility index (Phi) is 4.58.